The van der Waals surface area contributed by atoms with Crippen molar-refractivity contribution in [2.75, 3.05) is 39.2 Å². The van der Waals surface area contributed by atoms with Crippen molar-refractivity contribution in [1.29, 1.82) is 0 Å². The summed E-state index contributed by atoms with van der Waals surface area (Å²) in [6.07, 6.45) is 4.83. The Morgan fingerprint density at radius 3 is 2.50 bits per heavy atom. The van der Waals surface area contributed by atoms with Crippen LogP contribution in [0.4, 0.5) is 0 Å². The SMILES string of the molecule is C=NN(CCN(C)C)C(=O)C(CCSC)NC(=O)CCCC. The smallest absolute Gasteiger partial charge is 0.265 e. The van der Waals surface area contributed by atoms with E-state index in [1.54, 1.807) is 11.8 Å². The Bertz CT molecular complexity index is 350. The Morgan fingerprint density at radius 2 is 2.00 bits per heavy atom. The molecule has 0 saturated carbocycles. The predicted octanol–water partition coefficient (Wildman–Crippen LogP) is 1.42. The van der Waals surface area contributed by atoms with Crippen LogP contribution in [0.25, 0.3) is 0 Å². The number of thioether (sulfide) groups is 1. The van der Waals surface area contributed by atoms with E-state index in [2.05, 4.69) is 17.1 Å². The lowest BCUT2D eigenvalue weighted by atomic mass is 10.1. The third-order valence-corrected chi connectivity index (χ3v) is 3.83. The van der Waals surface area contributed by atoms with E-state index in [9.17, 15) is 9.59 Å². The number of carbonyl (C=O) groups is 2. The molecule has 0 heterocycles. The zero-order chi connectivity index (χ0) is 17.0. The quantitative estimate of drug-likeness (QED) is 0.434. The molecule has 1 unspecified atom stereocenters. The predicted molar refractivity (Wildman–Crippen MR) is 94.3 cm³/mol. The molecule has 1 N–H and O–H groups in total. The summed E-state index contributed by atoms with van der Waals surface area (Å²) in [6, 6.07) is -0.524. The van der Waals surface area contributed by atoms with E-state index in [0.717, 1.165) is 18.6 Å². The Kier molecular flexibility index (Phi) is 11.9. The van der Waals surface area contributed by atoms with Crippen LogP contribution in [0, 0.1) is 0 Å². The summed E-state index contributed by atoms with van der Waals surface area (Å²) in [5.41, 5.74) is 0. The number of amides is 2. The molecular formula is C15H30N4O2S. The topological polar surface area (TPSA) is 65.0 Å². The van der Waals surface area contributed by atoms with Gasteiger partial charge in [0.05, 0.1) is 6.54 Å². The molecule has 7 heteroatoms. The van der Waals surface area contributed by atoms with Crippen LogP contribution in [0.1, 0.15) is 32.6 Å². The fourth-order valence-corrected chi connectivity index (χ4v) is 2.29. The van der Waals surface area contributed by atoms with Gasteiger partial charge in [0.1, 0.15) is 6.04 Å². The lowest BCUT2D eigenvalue weighted by Crippen LogP contribution is -2.48. The second-order valence-electron chi connectivity index (χ2n) is 5.41. The summed E-state index contributed by atoms with van der Waals surface area (Å²) in [7, 11) is 3.87. The van der Waals surface area contributed by atoms with Crippen molar-refractivity contribution in [1.82, 2.24) is 15.2 Å². The molecule has 0 aromatic carbocycles. The number of hydrogen-bond donors (Lipinski definition) is 1. The van der Waals surface area contributed by atoms with E-state index in [4.69, 9.17) is 0 Å². The van der Waals surface area contributed by atoms with Gasteiger partial charge in [-0.1, -0.05) is 13.3 Å². The van der Waals surface area contributed by atoms with Crippen LogP contribution in [-0.2, 0) is 9.59 Å². The van der Waals surface area contributed by atoms with Gasteiger partial charge in [-0.05, 0) is 38.9 Å². The van der Waals surface area contributed by atoms with Gasteiger partial charge < -0.3 is 10.2 Å². The Hall–Kier alpha value is -1.08. The number of nitrogens with zero attached hydrogens (tertiary/aromatic N) is 3. The van der Waals surface area contributed by atoms with Crippen molar-refractivity contribution in [3.63, 3.8) is 0 Å². The molecule has 6 nitrogen and oxygen atoms in total. The van der Waals surface area contributed by atoms with Crippen molar-refractivity contribution in [2.45, 2.75) is 38.6 Å². The van der Waals surface area contributed by atoms with Gasteiger partial charge in [-0.2, -0.15) is 16.9 Å². The Balaban J connectivity index is 4.71. The second kappa shape index (κ2) is 12.5. The first-order valence-electron chi connectivity index (χ1n) is 7.67. The van der Waals surface area contributed by atoms with E-state index >= 15 is 0 Å². The minimum absolute atomic E-state index is 0.0714. The van der Waals surface area contributed by atoms with E-state index in [1.165, 1.54) is 5.01 Å². The number of likely N-dealkylation sites (N-methyl/N-ethyl adjacent to an activating group) is 1. The van der Waals surface area contributed by atoms with E-state index in [0.29, 0.717) is 25.9 Å². The molecule has 0 radical (unpaired) electrons. The second-order valence-corrected chi connectivity index (χ2v) is 6.40. The number of hydrogen-bond acceptors (Lipinski definition) is 5. The molecule has 128 valence electrons. The maximum Gasteiger partial charge on any atom is 0.265 e. The first kappa shape index (κ1) is 20.9. The van der Waals surface area contributed by atoms with Crippen molar-refractivity contribution >= 4 is 30.3 Å². The minimum atomic E-state index is -0.524. The van der Waals surface area contributed by atoms with Crippen LogP contribution < -0.4 is 5.32 Å². The highest BCUT2D eigenvalue weighted by atomic mass is 32.2. The number of unbranched alkanes of at least 4 members (excludes halogenated alkanes) is 1. The number of nitrogens with one attached hydrogen (secondary N) is 1. The highest BCUT2D eigenvalue weighted by Gasteiger charge is 2.25. The highest BCUT2D eigenvalue weighted by molar-refractivity contribution is 7.98. The fourth-order valence-electron chi connectivity index (χ4n) is 1.82. The summed E-state index contributed by atoms with van der Waals surface area (Å²) in [5, 5.41) is 8.00. The number of rotatable bonds is 12. The van der Waals surface area contributed by atoms with E-state index in [-0.39, 0.29) is 11.8 Å². The maximum atomic E-state index is 12.6. The molecule has 0 saturated heterocycles. The summed E-state index contributed by atoms with van der Waals surface area (Å²) in [5.74, 6) is 0.553. The Morgan fingerprint density at radius 1 is 1.32 bits per heavy atom. The number of carbonyl (C=O) groups excluding carboxylic acids is 2. The summed E-state index contributed by atoms with van der Waals surface area (Å²) in [4.78, 5) is 26.4. The molecule has 0 aliphatic heterocycles. The van der Waals surface area contributed by atoms with Gasteiger partial charge in [0, 0.05) is 19.7 Å². The van der Waals surface area contributed by atoms with Gasteiger partial charge in [0.25, 0.3) is 5.91 Å². The Labute approximate surface area is 138 Å². The lowest BCUT2D eigenvalue weighted by Gasteiger charge is -2.25. The van der Waals surface area contributed by atoms with Gasteiger partial charge in [-0.3, -0.25) is 9.59 Å². The van der Waals surface area contributed by atoms with Gasteiger partial charge in [-0.25, -0.2) is 5.01 Å². The maximum absolute atomic E-state index is 12.6. The molecule has 0 aromatic rings. The summed E-state index contributed by atoms with van der Waals surface area (Å²) in [6.45, 7) is 6.67. The van der Waals surface area contributed by atoms with Gasteiger partial charge in [0.2, 0.25) is 5.91 Å². The molecule has 0 aromatic heterocycles. The first-order chi connectivity index (χ1) is 10.5. The molecular weight excluding hydrogens is 300 g/mol. The summed E-state index contributed by atoms with van der Waals surface area (Å²) >= 11 is 1.65. The van der Waals surface area contributed by atoms with Crippen LogP contribution >= 0.6 is 11.8 Å². The van der Waals surface area contributed by atoms with E-state index < -0.39 is 6.04 Å². The van der Waals surface area contributed by atoms with Crippen LogP contribution in [0.3, 0.4) is 0 Å². The lowest BCUT2D eigenvalue weighted by molar-refractivity contribution is -0.136. The molecule has 0 spiro atoms. The minimum Gasteiger partial charge on any atom is -0.344 e. The van der Waals surface area contributed by atoms with Gasteiger partial charge in [0.15, 0.2) is 0 Å². The monoisotopic (exact) mass is 330 g/mol. The highest BCUT2D eigenvalue weighted by Crippen LogP contribution is 2.06. The molecule has 0 bridgehead atoms. The van der Waals surface area contributed by atoms with Crippen LogP contribution in [0.5, 0.6) is 0 Å². The third kappa shape index (κ3) is 9.04. The standard InChI is InChI=1S/C15H30N4O2S/c1-6-7-8-14(20)17-13(9-12-22-5)15(21)19(16-2)11-10-18(3)4/h13H,2,6-12H2,1,3-5H3,(H,17,20). The average Bonchev–Trinajstić information content (AvgIpc) is 2.49. The molecule has 0 aliphatic rings. The van der Waals surface area contributed by atoms with E-state index in [1.807, 2.05) is 32.2 Å². The summed E-state index contributed by atoms with van der Waals surface area (Å²) < 4.78 is 0. The van der Waals surface area contributed by atoms with Crippen molar-refractivity contribution in [3.05, 3.63) is 0 Å². The molecule has 0 rings (SSSR count). The van der Waals surface area contributed by atoms with Crippen molar-refractivity contribution in [3.8, 4) is 0 Å². The normalized spacial score (nSPS) is 12.0. The molecule has 22 heavy (non-hydrogen) atoms. The first-order valence-corrected chi connectivity index (χ1v) is 9.06. The zero-order valence-corrected chi connectivity index (χ0v) is 15.1. The molecule has 0 aliphatic carbocycles. The zero-order valence-electron chi connectivity index (χ0n) is 14.3. The van der Waals surface area contributed by atoms with Crippen LogP contribution in [-0.4, -0.2) is 73.7 Å². The molecule has 1 atom stereocenters. The van der Waals surface area contributed by atoms with Crippen molar-refractivity contribution in [2.24, 2.45) is 5.10 Å². The average molecular weight is 330 g/mol. The van der Waals surface area contributed by atoms with Gasteiger partial charge >= 0.3 is 0 Å². The van der Waals surface area contributed by atoms with Gasteiger partial charge in [-0.15, -0.1) is 0 Å². The molecule has 2 amide bonds. The number of hydrazone groups is 1. The third-order valence-electron chi connectivity index (χ3n) is 3.19. The van der Waals surface area contributed by atoms with Crippen LogP contribution in [0.15, 0.2) is 5.10 Å². The fraction of sp³-hybridized carbons (Fsp3) is 0.800. The van der Waals surface area contributed by atoms with Crippen LogP contribution in [0.2, 0.25) is 0 Å². The molecule has 0 fully saturated rings. The van der Waals surface area contributed by atoms with Crippen molar-refractivity contribution < 1.29 is 9.59 Å². The largest absolute Gasteiger partial charge is 0.344 e.